The maximum Gasteiger partial charge on any atom is 0.186 e. The highest BCUT2D eigenvalue weighted by molar-refractivity contribution is 6.98. The first-order valence-corrected chi connectivity index (χ1v) is 15.5. The van der Waals surface area contributed by atoms with E-state index in [0.29, 0.717) is 0 Å². The Morgan fingerprint density at radius 2 is 1.22 bits per heavy atom. The molecule has 0 N–H and O–H groups in total. The van der Waals surface area contributed by atoms with E-state index >= 15 is 0 Å². The average molecular weight is 359 g/mol. The quantitative estimate of drug-likeness (QED) is 0.730. The Balaban J connectivity index is 2.20. The van der Waals surface area contributed by atoms with Crippen molar-refractivity contribution in [3.8, 4) is 0 Å². The summed E-state index contributed by atoms with van der Waals surface area (Å²) in [5, 5.41) is 3.06. The predicted molar refractivity (Wildman–Crippen MR) is 111 cm³/mol. The number of hydrogen-bond acceptors (Lipinski definition) is 2. The van der Waals surface area contributed by atoms with Gasteiger partial charge in [0.05, 0.1) is 0 Å². The lowest BCUT2D eigenvalue weighted by Gasteiger charge is -2.48. The lowest BCUT2D eigenvalue weighted by Crippen LogP contribution is -2.72. The molecule has 0 amide bonds. The van der Waals surface area contributed by atoms with Gasteiger partial charge in [-0.05, 0) is 32.4 Å². The van der Waals surface area contributed by atoms with Crippen LogP contribution < -0.4 is 10.4 Å². The van der Waals surface area contributed by atoms with Crippen molar-refractivity contribution >= 4 is 36.7 Å². The van der Waals surface area contributed by atoms with Gasteiger partial charge in [-0.3, -0.25) is 0 Å². The summed E-state index contributed by atoms with van der Waals surface area (Å²) in [7, 11) is 1.07. The Morgan fingerprint density at radius 1 is 0.739 bits per heavy atom. The van der Waals surface area contributed by atoms with Crippen molar-refractivity contribution in [3.05, 3.63) is 60.7 Å². The maximum absolute atomic E-state index is 2.77. The van der Waals surface area contributed by atoms with Gasteiger partial charge in [0.1, 0.15) is 17.9 Å². The molecule has 0 radical (unpaired) electrons. The maximum atomic E-state index is 2.77. The van der Waals surface area contributed by atoms with Crippen molar-refractivity contribution in [1.82, 2.24) is 8.46 Å². The lowest BCUT2D eigenvalue weighted by atomic mass is 10.4. The first-order chi connectivity index (χ1) is 10.8. The summed E-state index contributed by atoms with van der Waals surface area (Å²) in [5.74, 6) is 0. The largest absolute Gasteiger partial charge is 0.338 e. The van der Waals surface area contributed by atoms with Gasteiger partial charge in [0.25, 0.3) is 0 Å². The minimum atomic E-state index is -1.62. The number of hydrogen-bond donors (Lipinski definition) is 0. The molecule has 0 spiro atoms. The first-order valence-electron chi connectivity index (χ1n) is 8.31. The summed E-state index contributed by atoms with van der Waals surface area (Å²) in [6.45, 7) is 9.96. The molecule has 0 saturated carbocycles. The summed E-state index contributed by atoms with van der Waals surface area (Å²) in [5.41, 5.74) is 0. The highest BCUT2D eigenvalue weighted by Crippen LogP contribution is 2.19. The van der Waals surface area contributed by atoms with Crippen LogP contribution in [0.2, 0.25) is 26.2 Å². The van der Waals surface area contributed by atoms with Crippen molar-refractivity contribution in [3.63, 3.8) is 0 Å². The van der Waals surface area contributed by atoms with Crippen LogP contribution in [-0.2, 0) is 0 Å². The molecule has 124 valence electrons. The third-order valence-electron chi connectivity index (χ3n) is 5.34. The van der Waals surface area contributed by atoms with Crippen LogP contribution in [0.1, 0.15) is 0 Å². The van der Waals surface area contributed by atoms with Gasteiger partial charge < -0.3 is 8.46 Å². The van der Waals surface area contributed by atoms with Crippen LogP contribution >= 0.6 is 0 Å². The summed E-state index contributed by atoms with van der Waals surface area (Å²) in [4.78, 5) is 0. The van der Waals surface area contributed by atoms with Gasteiger partial charge in [-0.15, -0.1) is 0 Å². The van der Waals surface area contributed by atoms with E-state index in [9.17, 15) is 0 Å². The van der Waals surface area contributed by atoms with E-state index < -0.39 is 26.3 Å². The Hall–Kier alpha value is -0.989. The van der Waals surface area contributed by atoms with Gasteiger partial charge >= 0.3 is 0 Å². The van der Waals surface area contributed by atoms with E-state index in [1.807, 2.05) is 0 Å². The molecule has 0 aliphatic rings. The van der Waals surface area contributed by atoms with Crippen LogP contribution in [0, 0.1) is 0 Å². The zero-order chi connectivity index (χ0) is 17.1. The van der Waals surface area contributed by atoms with E-state index in [2.05, 4.69) is 109 Å². The third kappa shape index (κ3) is 4.10. The van der Waals surface area contributed by atoms with Gasteiger partial charge in [0.15, 0.2) is 8.40 Å². The second-order valence-corrected chi connectivity index (χ2v) is 19.3. The highest BCUT2D eigenvalue weighted by Gasteiger charge is 2.41. The Bertz CT molecular complexity index is 615. The Labute approximate surface area is 146 Å². The van der Waals surface area contributed by atoms with Crippen molar-refractivity contribution in [1.29, 1.82) is 0 Å². The van der Waals surface area contributed by atoms with E-state index in [0.717, 1.165) is 0 Å². The monoisotopic (exact) mass is 358 g/mol. The van der Waals surface area contributed by atoms with Gasteiger partial charge in [0, 0.05) is 0 Å². The number of benzene rings is 2. The molecule has 0 bridgehead atoms. The van der Waals surface area contributed by atoms with Crippen molar-refractivity contribution in [2.45, 2.75) is 26.2 Å². The standard InChI is InChI=1S/C18H30N2Si3/c1-19(21-17-13-9-7-10-14-17)23(5,6)20(2)22(3,4)18-15-11-8-12-16-18/h7-16H,21H2,1-6H3. The molecule has 0 aromatic heterocycles. The number of nitrogens with zero attached hydrogens (tertiary/aromatic N) is 2. The van der Waals surface area contributed by atoms with E-state index in [1.54, 1.807) is 0 Å². The van der Waals surface area contributed by atoms with Crippen LogP contribution in [0.25, 0.3) is 0 Å². The minimum Gasteiger partial charge on any atom is -0.338 e. The second kappa shape index (κ2) is 7.27. The summed E-state index contributed by atoms with van der Waals surface area (Å²) in [6.07, 6.45) is 0. The molecule has 2 nitrogen and oxygen atoms in total. The Kier molecular flexibility index (Phi) is 5.80. The third-order valence-corrected chi connectivity index (χ3v) is 19.7. The van der Waals surface area contributed by atoms with Crippen LogP contribution in [-0.4, -0.2) is 48.9 Å². The number of rotatable bonds is 6. The van der Waals surface area contributed by atoms with Crippen molar-refractivity contribution < 1.29 is 0 Å². The topological polar surface area (TPSA) is 6.48 Å². The lowest BCUT2D eigenvalue weighted by molar-refractivity contribution is 0.644. The zero-order valence-electron chi connectivity index (χ0n) is 15.4. The van der Waals surface area contributed by atoms with Gasteiger partial charge in [-0.25, -0.2) is 0 Å². The zero-order valence-corrected chi connectivity index (χ0v) is 18.8. The molecular weight excluding hydrogens is 328 g/mol. The highest BCUT2D eigenvalue weighted by atomic mass is 28.4. The normalized spacial score (nSPS) is 13.4. The van der Waals surface area contributed by atoms with Crippen LogP contribution in [0.4, 0.5) is 0 Å². The summed E-state index contributed by atoms with van der Waals surface area (Å²) in [6, 6.07) is 22.1. The smallest absolute Gasteiger partial charge is 0.186 e. The minimum absolute atomic E-state index is 0.396. The molecule has 5 heteroatoms. The molecule has 2 rings (SSSR count). The average Bonchev–Trinajstić information content (AvgIpc) is 2.55. The fraction of sp³-hybridized carbons (Fsp3) is 0.333. The molecule has 0 atom stereocenters. The molecule has 0 aliphatic carbocycles. The van der Waals surface area contributed by atoms with Gasteiger partial charge in [-0.1, -0.05) is 78.9 Å². The molecule has 0 saturated heterocycles. The molecule has 0 aliphatic heterocycles. The van der Waals surface area contributed by atoms with Crippen LogP contribution in [0.5, 0.6) is 0 Å². The van der Waals surface area contributed by atoms with E-state index in [4.69, 9.17) is 0 Å². The van der Waals surface area contributed by atoms with E-state index in [-0.39, 0.29) is 0 Å². The van der Waals surface area contributed by atoms with Crippen molar-refractivity contribution in [2.24, 2.45) is 0 Å². The SMILES string of the molecule is CN([SiH2]c1ccccc1)[Si](C)(C)N(C)[Si](C)(C)c1ccccc1. The molecule has 23 heavy (non-hydrogen) atoms. The Morgan fingerprint density at radius 3 is 1.74 bits per heavy atom. The molecule has 2 aromatic rings. The van der Waals surface area contributed by atoms with Gasteiger partial charge in [0.2, 0.25) is 0 Å². The molecule has 0 fully saturated rings. The molecule has 0 heterocycles. The molecule has 2 aromatic carbocycles. The summed E-state index contributed by atoms with van der Waals surface area (Å²) >= 11 is 0. The van der Waals surface area contributed by atoms with Crippen LogP contribution in [0.3, 0.4) is 0 Å². The first kappa shape index (κ1) is 18.4. The van der Waals surface area contributed by atoms with Crippen LogP contribution in [0.15, 0.2) is 60.7 Å². The second-order valence-electron chi connectivity index (χ2n) is 7.32. The fourth-order valence-electron chi connectivity index (χ4n) is 3.03. The van der Waals surface area contributed by atoms with E-state index in [1.165, 1.54) is 10.4 Å². The molecule has 0 unspecified atom stereocenters. The van der Waals surface area contributed by atoms with Gasteiger partial charge in [-0.2, -0.15) is 0 Å². The van der Waals surface area contributed by atoms with Crippen molar-refractivity contribution in [2.75, 3.05) is 14.1 Å². The summed E-state index contributed by atoms with van der Waals surface area (Å²) < 4.78 is 5.49. The fourth-order valence-corrected chi connectivity index (χ4v) is 15.5. The predicted octanol–water partition coefficient (Wildman–Crippen LogP) is 2.07. The molecular formula is C18H30N2Si3.